The number of anilines is 1. The van der Waals surface area contributed by atoms with Crippen LogP contribution in [-0.2, 0) is 4.79 Å². The van der Waals surface area contributed by atoms with Crippen LogP contribution in [0.3, 0.4) is 0 Å². The molecule has 39 heavy (non-hydrogen) atoms. The summed E-state index contributed by atoms with van der Waals surface area (Å²) >= 11 is 5.85. The van der Waals surface area contributed by atoms with Gasteiger partial charge in [-0.3, -0.25) is 9.78 Å². The number of pyridine rings is 1. The number of hydrogen-bond acceptors (Lipinski definition) is 3. The molecule has 6 nitrogen and oxygen atoms in total. The van der Waals surface area contributed by atoms with E-state index in [0.29, 0.717) is 18.1 Å². The zero-order valence-electron chi connectivity index (χ0n) is 23.2. The van der Waals surface area contributed by atoms with Crippen LogP contribution in [0.5, 0.6) is 0 Å². The van der Waals surface area contributed by atoms with Crippen LogP contribution >= 0.6 is 12.2 Å². The number of benzene rings is 2. The van der Waals surface area contributed by atoms with Gasteiger partial charge in [0.1, 0.15) is 0 Å². The maximum Gasteiger partial charge on any atom is 0.226 e. The predicted octanol–water partition coefficient (Wildman–Crippen LogP) is 6.42. The molecule has 2 N–H and O–H groups in total. The standard InChI is InChI=1S/C32H35N5OS/c1-20-9-8-10-25(16-20)34-29(38)12-14-36-31(30(35-32(36)39)28-11-6-7-13-33-28)27-19-23(4)37(24(27)5)26-17-21(2)15-22(3)18-26/h6-11,13,15-19,30-31H,12,14H2,1-5H3,(H,34,38)(H,35,39). The molecule has 4 aromatic rings. The second kappa shape index (κ2) is 11.0. The van der Waals surface area contributed by atoms with Crippen LogP contribution < -0.4 is 10.6 Å². The summed E-state index contributed by atoms with van der Waals surface area (Å²) in [5, 5.41) is 7.18. The van der Waals surface area contributed by atoms with Gasteiger partial charge in [0.15, 0.2) is 5.11 Å². The van der Waals surface area contributed by atoms with Crippen molar-refractivity contribution < 1.29 is 4.79 Å². The molecule has 1 fully saturated rings. The zero-order chi connectivity index (χ0) is 27.7. The van der Waals surface area contributed by atoms with E-state index in [0.717, 1.165) is 34.0 Å². The second-order valence-corrected chi connectivity index (χ2v) is 10.9. The number of aromatic nitrogens is 2. The fraction of sp³-hybridized carbons (Fsp3) is 0.281. The molecule has 1 saturated heterocycles. The Morgan fingerprint density at radius 3 is 2.41 bits per heavy atom. The van der Waals surface area contributed by atoms with E-state index in [1.165, 1.54) is 16.7 Å². The summed E-state index contributed by atoms with van der Waals surface area (Å²) in [5.41, 5.74) is 9.94. The normalized spacial score (nSPS) is 16.8. The van der Waals surface area contributed by atoms with Crippen LogP contribution in [0, 0.1) is 34.6 Å². The van der Waals surface area contributed by atoms with Gasteiger partial charge in [-0.2, -0.15) is 0 Å². The van der Waals surface area contributed by atoms with Crippen molar-refractivity contribution in [2.45, 2.75) is 53.1 Å². The summed E-state index contributed by atoms with van der Waals surface area (Å²) in [6.07, 6.45) is 2.13. The van der Waals surface area contributed by atoms with E-state index in [4.69, 9.17) is 12.2 Å². The molecule has 200 valence electrons. The molecule has 1 aliphatic heterocycles. The van der Waals surface area contributed by atoms with Gasteiger partial charge >= 0.3 is 0 Å². The molecule has 0 spiro atoms. The first kappa shape index (κ1) is 26.6. The molecule has 0 bridgehead atoms. The monoisotopic (exact) mass is 537 g/mol. The average molecular weight is 538 g/mol. The molecule has 3 heterocycles. The molecule has 2 aromatic heterocycles. The van der Waals surface area contributed by atoms with E-state index in [1.54, 1.807) is 0 Å². The number of carbonyl (C=O) groups excluding carboxylic acids is 1. The fourth-order valence-corrected chi connectivity index (χ4v) is 6.05. The lowest BCUT2D eigenvalue weighted by atomic mass is 9.96. The number of nitrogens with zero attached hydrogens (tertiary/aromatic N) is 3. The van der Waals surface area contributed by atoms with Crippen molar-refractivity contribution in [2.24, 2.45) is 0 Å². The molecule has 2 atom stereocenters. The van der Waals surface area contributed by atoms with E-state index >= 15 is 0 Å². The third-order valence-corrected chi connectivity index (χ3v) is 7.69. The number of thiocarbonyl (C=S) groups is 1. The minimum absolute atomic E-state index is 0.0378. The summed E-state index contributed by atoms with van der Waals surface area (Å²) < 4.78 is 2.31. The number of nitrogens with one attached hydrogen (secondary N) is 2. The molecule has 0 radical (unpaired) electrons. The Balaban J connectivity index is 1.48. The maximum atomic E-state index is 12.9. The molecule has 2 unspecified atom stereocenters. The first-order chi connectivity index (χ1) is 18.7. The molecule has 7 heteroatoms. The minimum Gasteiger partial charge on any atom is -0.352 e. The van der Waals surface area contributed by atoms with Crippen molar-refractivity contribution in [1.29, 1.82) is 0 Å². The van der Waals surface area contributed by atoms with Gasteiger partial charge in [0.2, 0.25) is 5.91 Å². The summed E-state index contributed by atoms with van der Waals surface area (Å²) in [4.78, 5) is 19.8. The SMILES string of the molecule is Cc1cccc(NC(=O)CCN2C(=S)NC(c3ccccn3)C2c2cc(C)n(-c3cc(C)cc(C)c3)c2C)c1. The highest BCUT2D eigenvalue weighted by molar-refractivity contribution is 7.80. The number of rotatable bonds is 7. The van der Waals surface area contributed by atoms with E-state index in [1.807, 2.05) is 55.6 Å². The number of amides is 1. The molecule has 0 saturated carbocycles. The lowest BCUT2D eigenvalue weighted by Crippen LogP contribution is -2.32. The molecule has 2 aromatic carbocycles. The molecule has 0 aliphatic carbocycles. The zero-order valence-corrected chi connectivity index (χ0v) is 24.0. The number of carbonyl (C=O) groups is 1. The highest BCUT2D eigenvalue weighted by Crippen LogP contribution is 2.41. The van der Waals surface area contributed by atoms with Crippen LogP contribution in [0.1, 0.15) is 57.8 Å². The number of aryl methyl sites for hydroxylation is 4. The Kier molecular flexibility index (Phi) is 7.53. The molecule has 1 amide bonds. The lowest BCUT2D eigenvalue weighted by Gasteiger charge is -2.28. The van der Waals surface area contributed by atoms with Gasteiger partial charge in [0.05, 0.1) is 17.8 Å². The van der Waals surface area contributed by atoms with Crippen molar-refractivity contribution in [3.63, 3.8) is 0 Å². The van der Waals surface area contributed by atoms with Crippen molar-refractivity contribution >= 4 is 28.9 Å². The Bertz CT molecular complexity index is 1510. The molecule has 1 aliphatic rings. The smallest absolute Gasteiger partial charge is 0.226 e. The van der Waals surface area contributed by atoms with E-state index in [2.05, 4.69) is 77.0 Å². The summed E-state index contributed by atoms with van der Waals surface area (Å²) in [7, 11) is 0. The van der Waals surface area contributed by atoms with Gasteiger partial charge in [-0.1, -0.05) is 24.3 Å². The Morgan fingerprint density at radius 1 is 0.949 bits per heavy atom. The van der Waals surface area contributed by atoms with Gasteiger partial charge in [-0.25, -0.2) is 0 Å². The molecular weight excluding hydrogens is 502 g/mol. The largest absolute Gasteiger partial charge is 0.352 e. The Hall–Kier alpha value is -3.97. The van der Waals surface area contributed by atoms with E-state index in [9.17, 15) is 4.79 Å². The van der Waals surface area contributed by atoms with Crippen LogP contribution in [0.4, 0.5) is 5.69 Å². The summed E-state index contributed by atoms with van der Waals surface area (Å²) in [6.45, 7) is 11.1. The summed E-state index contributed by atoms with van der Waals surface area (Å²) in [5.74, 6) is -0.0378. The van der Waals surface area contributed by atoms with Gasteiger partial charge in [-0.05, 0) is 112 Å². The minimum atomic E-state index is -0.133. The van der Waals surface area contributed by atoms with E-state index < -0.39 is 0 Å². The molecular formula is C32H35N5OS. The third-order valence-electron chi connectivity index (χ3n) is 7.33. The van der Waals surface area contributed by atoms with Crippen LogP contribution in [0.15, 0.2) is 72.9 Å². The van der Waals surface area contributed by atoms with Crippen LogP contribution in [0.2, 0.25) is 0 Å². The number of hydrogen-bond donors (Lipinski definition) is 2. The van der Waals surface area contributed by atoms with Crippen molar-refractivity contribution in [3.8, 4) is 5.69 Å². The predicted molar refractivity (Wildman–Crippen MR) is 161 cm³/mol. The van der Waals surface area contributed by atoms with Crippen LogP contribution in [-0.4, -0.2) is 32.0 Å². The van der Waals surface area contributed by atoms with Crippen molar-refractivity contribution in [1.82, 2.24) is 19.8 Å². The van der Waals surface area contributed by atoms with Gasteiger partial charge in [-0.15, -0.1) is 0 Å². The first-order valence-corrected chi connectivity index (χ1v) is 13.7. The quantitative estimate of drug-likeness (QED) is 0.267. The van der Waals surface area contributed by atoms with Gasteiger partial charge in [0.25, 0.3) is 0 Å². The second-order valence-electron chi connectivity index (χ2n) is 10.5. The highest BCUT2D eigenvalue weighted by atomic mass is 32.1. The topological polar surface area (TPSA) is 62.2 Å². The van der Waals surface area contributed by atoms with Gasteiger partial charge < -0.3 is 20.1 Å². The van der Waals surface area contributed by atoms with Crippen molar-refractivity contribution in [2.75, 3.05) is 11.9 Å². The molecule has 5 rings (SSSR count). The summed E-state index contributed by atoms with van der Waals surface area (Å²) in [6, 6.07) is 22.4. The fourth-order valence-electron chi connectivity index (χ4n) is 5.72. The van der Waals surface area contributed by atoms with Gasteiger partial charge in [0, 0.05) is 41.9 Å². The van der Waals surface area contributed by atoms with Crippen molar-refractivity contribution in [3.05, 3.63) is 112 Å². The first-order valence-electron chi connectivity index (χ1n) is 13.3. The van der Waals surface area contributed by atoms with Crippen LogP contribution in [0.25, 0.3) is 5.69 Å². The Labute approximate surface area is 236 Å². The maximum absolute atomic E-state index is 12.9. The highest BCUT2D eigenvalue weighted by Gasteiger charge is 2.41. The Morgan fingerprint density at radius 2 is 1.72 bits per heavy atom. The lowest BCUT2D eigenvalue weighted by molar-refractivity contribution is -0.116. The van der Waals surface area contributed by atoms with E-state index in [-0.39, 0.29) is 18.0 Å². The average Bonchev–Trinajstić information content (AvgIpc) is 3.37. The third kappa shape index (κ3) is 5.59.